The number of hydrogen-bond donors (Lipinski definition) is 0. The molecule has 0 radical (unpaired) electrons. The summed E-state index contributed by atoms with van der Waals surface area (Å²) in [5, 5.41) is 0. The molecular weight excluding hydrogens is 278 g/mol. The van der Waals surface area contributed by atoms with Gasteiger partial charge in [0.05, 0.1) is 0 Å². The van der Waals surface area contributed by atoms with Crippen LogP contribution in [0.4, 0.5) is 4.79 Å². The third-order valence-electron chi connectivity index (χ3n) is 5.44. The third-order valence-corrected chi connectivity index (χ3v) is 5.44. The first-order valence-corrected chi connectivity index (χ1v) is 8.32. The first-order chi connectivity index (χ1) is 10.3. The Hall–Kier alpha value is -1.58. The Bertz CT molecular complexity index is 637. The van der Waals surface area contributed by atoms with Crippen molar-refractivity contribution >= 4 is 11.9 Å². The summed E-state index contributed by atoms with van der Waals surface area (Å²) >= 11 is 0. The maximum Gasteiger partial charge on any atom is 0.414 e. The lowest BCUT2D eigenvalue weighted by molar-refractivity contribution is -0.112. The summed E-state index contributed by atoms with van der Waals surface area (Å²) < 4.78 is 5.53. The molecule has 0 aromatic heterocycles. The van der Waals surface area contributed by atoms with E-state index in [9.17, 15) is 9.59 Å². The Labute approximate surface area is 131 Å². The van der Waals surface area contributed by atoms with Crippen LogP contribution < -0.4 is 0 Å². The van der Waals surface area contributed by atoms with Crippen molar-refractivity contribution in [3.05, 3.63) is 22.9 Å². The molecule has 3 aliphatic carbocycles. The number of hydrogen-bond acceptors (Lipinski definition) is 3. The maximum absolute atomic E-state index is 12.5. The van der Waals surface area contributed by atoms with Crippen LogP contribution in [-0.2, 0) is 9.53 Å². The van der Waals surface area contributed by atoms with Gasteiger partial charge in [-0.25, -0.2) is 4.79 Å². The molecule has 1 spiro atoms. The highest BCUT2D eigenvalue weighted by Gasteiger charge is 2.68. The molecule has 118 valence electrons. The van der Waals surface area contributed by atoms with Crippen LogP contribution in [0, 0.1) is 11.3 Å². The molecule has 4 nitrogen and oxygen atoms in total. The minimum atomic E-state index is -0.508. The number of allylic oxidation sites excluding steroid dienone is 3. The molecule has 1 heterocycles. The van der Waals surface area contributed by atoms with Gasteiger partial charge in [0.1, 0.15) is 5.60 Å². The van der Waals surface area contributed by atoms with Crippen molar-refractivity contribution in [1.82, 2.24) is 4.90 Å². The van der Waals surface area contributed by atoms with Gasteiger partial charge in [0, 0.05) is 23.7 Å². The third kappa shape index (κ3) is 1.82. The molecule has 4 rings (SSSR count). The van der Waals surface area contributed by atoms with E-state index in [0.717, 1.165) is 37.0 Å². The number of ether oxygens (including phenoxy) is 1. The van der Waals surface area contributed by atoms with Gasteiger partial charge in [-0.1, -0.05) is 5.57 Å². The van der Waals surface area contributed by atoms with Crippen LogP contribution in [0.3, 0.4) is 0 Å². The highest BCUT2D eigenvalue weighted by molar-refractivity contribution is 6.07. The van der Waals surface area contributed by atoms with E-state index in [4.69, 9.17) is 4.74 Å². The van der Waals surface area contributed by atoms with E-state index in [1.165, 1.54) is 12.0 Å². The fourth-order valence-corrected chi connectivity index (χ4v) is 4.53. The molecule has 1 saturated heterocycles. The van der Waals surface area contributed by atoms with Gasteiger partial charge in [-0.15, -0.1) is 0 Å². The molecule has 1 aliphatic heterocycles. The minimum absolute atomic E-state index is 0.000563. The number of likely N-dealkylation sites (tertiary alicyclic amines) is 1. The van der Waals surface area contributed by atoms with E-state index >= 15 is 0 Å². The zero-order valence-corrected chi connectivity index (χ0v) is 13.6. The Morgan fingerprint density at radius 2 is 2.05 bits per heavy atom. The van der Waals surface area contributed by atoms with Gasteiger partial charge in [-0.05, 0) is 64.4 Å². The normalized spacial score (nSPS) is 33.0. The van der Waals surface area contributed by atoms with Gasteiger partial charge < -0.3 is 4.74 Å². The van der Waals surface area contributed by atoms with Gasteiger partial charge >= 0.3 is 6.09 Å². The summed E-state index contributed by atoms with van der Waals surface area (Å²) in [7, 11) is 0. The van der Waals surface area contributed by atoms with Crippen molar-refractivity contribution in [1.29, 1.82) is 0 Å². The Morgan fingerprint density at radius 1 is 1.32 bits per heavy atom. The van der Waals surface area contributed by atoms with Crippen LogP contribution >= 0.6 is 0 Å². The predicted molar refractivity (Wildman–Crippen MR) is 82.1 cm³/mol. The van der Waals surface area contributed by atoms with Gasteiger partial charge in [0.25, 0.3) is 0 Å². The Balaban J connectivity index is 1.68. The van der Waals surface area contributed by atoms with Crippen molar-refractivity contribution in [2.24, 2.45) is 11.3 Å². The van der Waals surface area contributed by atoms with Crippen molar-refractivity contribution in [3.8, 4) is 0 Å². The summed E-state index contributed by atoms with van der Waals surface area (Å²) in [5.41, 5.74) is 2.80. The number of carbonyl (C=O) groups excluding carboxylic acids is 2. The topological polar surface area (TPSA) is 46.6 Å². The summed E-state index contributed by atoms with van der Waals surface area (Å²) in [6, 6.07) is 0. The summed E-state index contributed by atoms with van der Waals surface area (Å²) in [4.78, 5) is 26.7. The summed E-state index contributed by atoms with van der Waals surface area (Å²) in [5.74, 6) is 0.610. The largest absolute Gasteiger partial charge is 0.443 e. The van der Waals surface area contributed by atoms with E-state index in [1.54, 1.807) is 11.0 Å². The summed E-state index contributed by atoms with van der Waals surface area (Å²) in [6.45, 7) is 6.32. The molecule has 2 atom stereocenters. The monoisotopic (exact) mass is 301 g/mol. The second kappa shape index (κ2) is 4.24. The van der Waals surface area contributed by atoms with Crippen LogP contribution in [0.2, 0.25) is 0 Å². The number of nitrogens with zero attached hydrogens (tertiary/aromatic N) is 1. The molecule has 0 N–H and O–H groups in total. The summed E-state index contributed by atoms with van der Waals surface area (Å²) in [6.07, 6.45) is 6.74. The molecule has 0 aromatic carbocycles. The lowest BCUT2D eigenvalue weighted by Crippen LogP contribution is -2.37. The number of piperidine rings is 1. The fourth-order valence-electron chi connectivity index (χ4n) is 4.53. The van der Waals surface area contributed by atoms with Crippen molar-refractivity contribution in [2.45, 2.75) is 58.5 Å². The molecule has 2 fully saturated rings. The van der Waals surface area contributed by atoms with Gasteiger partial charge in [0.15, 0.2) is 5.78 Å². The second-order valence-electron chi connectivity index (χ2n) is 8.02. The lowest BCUT2D eigenvalue weighted by Gasteiger charge is -2.34. The number of ketones is 1. The fraction of sp³-hybridized carbons (Fsp3) is 0.667. The first kappa shape index (κ1) is 14.0. The highest BCUT2D eigenvalue weighted by atomic mass is 16.6. The van der Waals surface area contributed by atoms with E-state index in [1.807, 2.05) is 20.8 Å². The molecule has 1 saturated carbocycles. The average molecular weight is 301 g/mol. The molecule has 0 aromatic rings. The van der Waals surface area contributed by atoms with Gasteiger partial charge in [-0.2, -0.15) is 0 Å². The average Bonchev–Trinajstić information content (AvgIpc) is 3.06. The molecule has 4 aliphatic rings. The van der Waals surface area contributed by atoms with E-state index < -0.39 is 5.60 Å². The van der Waals surface area contributed by atoms with Crippen LogP contribution in [0.5, 0.6) is 0 Å². The molecule has 1 amide bonds. The number of rotatable bonds is 0. The first-order valence-electron chi connectivity index (χ1n) is 8.32. The standard InChI is InChI=1S/C18H23NO3/c1-17(2,3)22-16(21)19-10-11-9-18(11)13-7-5-4-6-12(13)14(20)8-15(18)19/h8,11H,4-7,9-10H2,1-3H3. The number of amides is 1. The second-order valence-corrected chi connectivity index (χ2v) is 8.02. The van der Waals surface area contributed by atoms with Gasteiger partial charge in [0.2, 0.25) is 0 Å². The van der Waals surface area contributed by atoms with E-state index in [0.29, 0.717) is 12.5 Å². The lowest BCUT2D eigenvalue weighted by atomic mass is 9.75. The van der Waals surface area contributed by atoms with E-state index in [-0.39, 0.29) is 17.3 Å². The predicted octanol–water partition coefficient (Wildman–Crippen LogP) is 3.58. The highest BCUT2D eigenvalue weighted by Crippen LogP contribution is 2.71. The van der Waals surface area contributed by atoms with Crippen molar-refractivity contribution in [3.63, 3.8) is 0 Å². The molecule has 0 bridgehead atoms. The Morgan fingerprint density at radius 3 is 2.77 bits per heavy atom. The van der Waals surface area contributed by atoms with E-state index in [2.05, 4.69) is 0 Å². The molecule has 2 unspecified atom stereocenters. The number of carbonyl (C=O) groups is 2. The maximum atomic E-state index is 12.5. The zero-order valence-electron chi connectivity index (χ0n) is 13.6. The van der Waals surface area contributed by atoms with Gasteiger partial charge in [-0.3, -0.25) is 9.69 Å². The zero-order chi connectivity index (χ0) is 15.7. The smallest absolute Gasteiger partial charge is 0.414 e. The minimum Gasteiger partial charge on any atom is -0.443 e. The quantitative estimate of drug-likeness (QED) is 0.687. The van der Waals surface area contributed by atoms with Crippen LogP contribution in [0.1, 0.15) is 52.9 Å². The van der Waals surface area contributed by atoms with Crippen molar-refractivity contribution in [2.75, 3.05) is 6.54 Å². The van der Waals surface area contributed by atoms with Crippen LogP contribution in [0.25, 0.3) is 0 Å². The molecular formula is C18H23NO3. The van der Waals surface area contributed by atoms with Crippen LogP contribution in [0.15, 0.2) is 22.9 Å². The molecule has 22 heavy (non-hydrogen) atoms. The SMILES string of the molecule is CC(C)(C)OC(=O)N1CC2CC23C1=CC(=O)C1=C3CCCC1. The Kier molecular flexibility index (Phi) is 2.71. The van der Waals surface area contributed by atoms with Crippen molar-refractivity contribution < 1.29 is 14.3 Å². The van der Waals surface area contributed by atoms with Crippen LogP contribution in [-0.4, -0.2) is 28.9 Å². The molecule has 4 heteroatoms.